The van der Waals surface area contributed by atoms with Crippen molar-refractivity contribution in [2.24, 2.45) is 0 Å². The molecule has 0 saturated heterocycles. The third kappa shape index (κ3) is 1.01. The summed E-state index contributed by atoms with van der Waals surface area (Å²) < 4.78 is 0. The van der Waals surface area contributed by atoms with E-state index in [0.717, 1.165) is 22.4 Å². The maximum atomic E-state index is 4.95. The molecule has 2 aromatic heterocycles. The Morgan fingerprint density at radius 2 is 2.36 bits per heavy atom. The van der Waals surface area contributed by atoms with Crippen LogP contribution in [0.1, 0.15) is 5.69 Å². The van der Waals surface area contributed by atoms with Crippen molar-refractivity contribution in [1.29, 1.82) is 0 Å². The highest BCUT2D eigenvalue weighted by atomic mass is 16.6. The van der Waals surface area contributed by atoms with Crippen molar-refractivity contribution >= 4 is 22.8 Å². The summed E-state index contributed by atoms with van der Waals surface area (Å²) in [5.41, 5.74) is 5.25. The summed E-state index contributed by atoms with van der Waals surface area (Å²) in [5, 5.41) is 0.998. The number of nitrogens with zero attached hydrogens (tertiary/aromatic N) is 2. The zero-order chi connectivity index (χ0) is 9.38. The molecule has 3 heterocycles. The Hall–Kier alpha value is -2.10. The van der Waals surface area contributed by atoms with Gasteiger partial charge in [0.25, 0.3) is 0 Å². The predicted molar refractivity (Wildman–Crippen MR) is 53.3 cm³/mol. The maximum Gasteiger partial charge on any atom is 0.159 e. The second kappa shape index (κ2) is 2.70. The summed E-state index contributed by atoms with van der Waals surface area (Å²) in [4.78, 5) is 13.5. The zero-order valence-corrected chi connectivity index (χ0v) is 7.27. The van der Waals surface area contributed by atoms with E-state index in [9.17, 15) is 0 Å². The molecule has 14 heavy (non-hydrogen) atoms. The second-order valence-electron chi connectivity index (χ2n) is 2.99. The van der Waals surface area contributed by atoms with E-state index < -0.39 is 0 Å². The maximum absolute atomic E-state index is 4.95. The lowest BCUT2D eigenvalue weighted by atomic mass is 10.2. The molecule has 0 bridgehead atoms. The van der Waals surface area contributed by atoms with E-state index >= 15 is 0 Å². The van der Waals surface area contributed by atoms with Crippen molar-refractivity contribution in [3.8, 4) is 0 Å². The molecule has 1 N–H and O–H groups in total. The largest absolute Gasteiger partial charge is 0.390 e. The van der Waals surface area contributed by atoms with Crippen LogP contribution in [0, 0.1) is 0 Å². The van der Waals surface area contributed by atoms with Crippen LogP contribution in [0.3, 0.4) is 0 Å². The third-order valence-corrected chi connectivity index (χ3v) is 2.08. The van der Waals surface area contributed by atoms with E-state index in [1.807, 2.05) is 18.2 Å². The van der Waals surface area contributed by atoms with Crippen LogP contribution in [-0.4, -0.2) is 9.97 Å². The van der Waals surface area contributed by atoms with Crippen LogP contribution in [-0.2, 0) is 4.84 Å². The molecule has 0 saturated carbocycles. The first-order chi connectivity index (χ1) is 6.93. The van der Waals surface area contributed by atoms with Gasteiger partial charge in [-0.25, -0.2) is 15.4 Å². The van der Waals surface area contributed by atoms with E-state index in [-0.39, 0.29) is 0 Å². The molecule has 0 aliphatic carbocycles. The molecule has 0 atom stereocenters. The Bertz CT molecular complexity index is 522. The van der Waals surface area contributed by atoms with Gasteiger partial charge in [0.2, 0.25) is 0 Å². The smallest absolute Gasteiger partial charge is 0.159 e. The van der Waals surface area contributed by atoms with Crippen LogP contribution < -0.4 is 5.48 Å². The first kappa shape index (κ1) is 7.32. The van der Waals surface area contributed by atoms with Crippen LogP contribution in [0.25, 0.3) is 17.1 Å². The molecule has 0 radical (unpaired) electrons. The highest BCUT2D eigenvalue weighted by molar-refractivity contribution is 5.82. The van der Waals surface area contributed by atoms with Gasteiger partial charge < -0.3 is 4.84 Å². The zero-order valence-electron chi connectivity index (χ0n) is 7.27. The minimum atomic E-state index is 0.750. The molecule has 0 aromatic carbocycles. The van der Waals surface area contributed by atoms with Gasteiger partial charge in [-0.2, -0.15) is 0 Å². The minimum Gasteiger partial charge on any atom is -0.390 e. The van der Waals surface area contributed by atoms with Gasteiger partial charge in [0.1, 0.15) is 6.26 Å². The highest BCUT2D eigenvalue weighted by Gasteiger charge is 2.07. The van der Waals surface area contributed by atoms with Crippen LogP contribution in [0.5, 0.6) is 0 Å². The second-order valence-corrected chi connectivity index (χ2v) is 2.99. The number of nitrogens with one attached hydrogen (secondary N) is 1. The van der Waals surface area contributed by atoms with E-state index in [4.69, 9.17) is 4.84 Å². The Balaban J connectivity index is 2.34. The fourth-order valence-electron chi connectivity index (χ4n) is 1.42. The standard InChI is InChI=1S/C10H7N3O/c1-2-7-6-9-8(3-5-14-13-9)12-10(7)11-4-1/h1-6,13H. The monoisotopic (exact) mass is 185 g/mol. The van der Waals surface area contributed by atoms with Crippen LogP contribution in [0.4, 0.5) is 5.69 Å². The van der Waals surface area contributed by atoms with Crippen LogP contribution in [0.2, 0.25) is 0 Å². The Kier molecular flexibility index (Phi) is 1.41. The Morgan fingerprint density at radius 1 is 1.36 bits per heavy atom. The summed E-state index contributed by atoms with van der Waals surface area (Å²) >= 11 is 0. The number of aromatic nitrogens is 2. The van der Waals surface area contributed by atoms with Crippen molar-refractivity contribution in [2.75, 3.05) is 5.48 Å². The summed E-state index contributed by atoms with van der Waals surface area (Å²) in [7, 11) is 0. The average Bonchev–Trinajstić information content (AvgIpc) is 2.26. The highest BCUT2D eigenvalue weighted by Crippen LogP contribution is 2.23. The van der Waals surface area contributed by atoms with Gasteiger partial charge in [-0.05, 0) is 18.2 Å². The topological polar surface area (TPSA) is 47.0 Å². The molecule has 1 aliphatic rings. The molecule has 4 nitrogen and oxygen atoms in total. The van der Waals surface area contributed by atoms with Crippen molar-refractivity contribution in [2.45, 2.75) is 0 Å². The van der Waals surface area contributed by atoms with Crippen LogP contribution in [0.15, 0.2) is 30.7 Å². The molecule has 0 spiro atoms. The summed E-state index contributed by atoms with van der Waals surface area (Å²) in [6, 6.07) is 5.82. The SMILES string of the molecule is C1=Cc2nc3ncccc3cc2NO1. The Morgan fingerprint density at radius 3 is 3.36 bits per heavy atom. The van der Waals surface area contributed by atoms with Crippen molar-refractivity contribution in [1.82, 2.24) is 9.97 Å². The van der Waals surface area contributed by atoms with Gasteiger partial charge in [0.15, 0.2) is 5.65 Å². The molecule has 0 unspecified atom stereocenters. The number of rotatable bonds is 0. The van der Waals surface area contributed by atoms with Crippen molar-refractivity contribution < 1.29 is 4.84 Å². The minimum absolute atomic E-state index is 0.750. The lowest BCUT2D eigenvalue weighted by Gasteiger charge is -2.12. The first-order valence-corrected chi connectivity index (χ1v) is 4.27. The number of anilines is 1. The number of pyridine rings is 2. The third-order valence-electron chi connectivity index (χ3n) is 2.08. The summed E-state index contributed by atoms with van der Waals surface area (Å²) in [6.45, 7) is 0. The van der Waals surface area contributed by atoms with Crippen molar-refractivity contribution in [3.63, 3.8) is 0 Å². The molecule has 0 amide bonds. The van der Waals surface area contributed by atoms with Gasteiger partial charge >= 0.3 is 0 Å². The van der Waals surface area contributed by atoms with Gasteiger partial charge in [-0.3, -0.25) is 0 Å². The molecular weight excluding hydrogens is 178 g/mol. The molecule has 0 fully saturated rings. The molecule has 2 aromatic rings. The van der Waals surface area contributed by atoms with Gasteiger partial charge in [0, 0.05) is 17.7 Å². The van der Waals surface area contributed by atoms with Gasteiger partial charge in [-0.15, -0.1) is 0 Å². The lowest BCUT2D eigenvalue weighted by Crippen LogP contribution is -2.03. The van der Waals surface area contributed by atoms with Crippen molar-refractivity contribution in [3.05, 3.63) is 36.4 Å². The number of hydrogen-bond acceptors (Lipinski definition) is 4. The predicted octanol–water partition coefficient (Wildman–Crippen LogP) is 1.96. The molecule has 1 aliphatic heterocycles. The first-order valence-electron chi connectivity index (χ1n) is 4.27. The quantitative estimate of drug-likeness (QED) is 0.681. The summed E-state index contributed by atoms with van der Waals surface area (Å²) in [6.07, 6.45) is 5.10. The molecule has 3 rings (SSSR count). The fourth-order valence-corrected chi connectivity index (χ4v) is 1.42. The Labute approximate surface area is 80.2 Å². The van der Waals surface area contributed by atoms with E-state index in [2.05, 4.69) is 15.4 Å². The normalized spacial score (nSPS) is 13.1. The van der Waals surface area contributed by atoms with E-state index in [1.165, 1.54) is 0 Å². The van der Waals surface area contributed by atoms with E-state index in [0.29, 0.717) is 0 Å². The number of fused-ring (bicyclic) bond motifs is 2. The molecule has 68 valence electrons. The number of hydrogen-bond donors (Lipinski definition) is 1. The van der Waals surface area contributed by atoms with E-state index in [1.54, 1.807) is 18.5 Å². The molecular formula is C10H7N3O. The summed E-state index contributed by atoms with van der Waals surface area (Å²) in [5.74, 6) is 0. The molecule has 4 heteroatoms. The average molecular weight is 185 g/mol. The lowest BCUT2D eigenvalue weighted by molar-refractivity contribution is 0.329. The van der Waals surface area contributed by atoms with Gasteiger partial charge in [-0.1, -0.05) is 0 Å². The van der Waals surface area contributed by atoms with Gasteiger partial charge in [0.05, 0.1) is 11.4 Å². The van der Waals surface area contributed by atoms with Crippen LogP contribution >= 0.6 is 0 Å². The fraction of sp³-hybridized carbons (Fsp3) is 0.